The fraction of sp³-hybridized carbons (Fsp3) is 0.273. The summed E-state index contributed by atoms with van der Waals surface area (Å²) in [4.78, 5) is 19.2. The summed E-state index contributed by atoms with van der Waals surface area (Å²) in [6.07, 6.45) is 2.04. The number of carboxylic acids is 2. The molecule has 0 fully saturated rings. The van der Waals surface area contributed by atoms with Gasteiger partial charge in [-0.2, -0.15) is 0 Å². The van der Waals surface area contributed by atoms with Crippen molar-refractivity contribution in [1.29, 1.82) is 0 Å². The number of carbonyl (C=O) groups is 2. The zero-order chi connectivity index (χ0) is 14.4. The minimum atomic E-state index is -0.935. The van der Waals surface area contributed by atoms with Crippen LogP contribution in [-0.4, -0.2) is 39.0 Å². The summed E-state index contributed by atoms with van der Waals surface area (Å²) >= 11 is 0. The van der Waals surface area contributed by atoms with E-state index in [1.807, 2.05) is 0 Å². The molecule has 0 amide bonds. The minimum Gasteiger partial charge on any atom is -0.516 e. The predicted molar refractivity (Wildman–Crippen MR) is 63.8 cm³/mol. The minimum absolute atomic E-state index is 0.0868. The summed E-state index contributed by atoms with van der Waals surface area (Å²) in [5, 5.41) is 31.3. The highest BCUT2D eigenvalue weighted by Gasteiger charge is 1.90. The molecule has 0 aliphatic rings. The van der Waals surface area contributed by atoms with E-state index in [-0.39, 0.29) is 17.8 Å². The van der Waals surface area contributed by atoms with E-state index < -0.39 is 11.9 Å². The molecule has 0 aliphatic carbocycles. The number of aliphatic hydroxyl groups excluding tert-OH is 2. The number of hydrogen-bond acceptors (Lipinski definition) is 4. The van der Waals surface area contributed by atoms with Gasteiger partial charge in [0.15, 0.2) is 0 Å². The maximum absolute atomic E-state index is 9.60. The van der Waals surface area contributed by atoms with Gasteiger partial charge in [0.25, 0.3) is 0 Å². The topological polar surface area (TPSA) is 115 Å². The molecule has 0 aromatic carbocycles. The lowest BCUT2D eigenvalue weighted by molar-refractivity contribution is -0.133. The van der Waals surface area contributed by atoms with E-state index in [4.69, 9.17) is 20.4 Å². The molecule has 0 saturated carbocycles. The van der Waals surface area contributed by atoms with Crippen LogP contribution in [0, 0.1) is 0 Å². The van der Waals surface area contributed by atoms with E-state index in [1.165, 1.54) is 19.9 Å². The fourth-order valence-corrected chi connectivity index (χ4v) is 0.0471. The molecule has 0 bridgehead atoms. The second-order valence-corrected chi connectivity index (χ2v) is 2.74. The lowest BCUT2D eigenvalue weighted by atomic mass is 10.4. The largest absolute Gasteiger partial charge is 0.516 e. The summed E-state index contributed by atoms with van der Waals surface area (Å²) in [5.41, 5.74) is 0.352. The van der Waals surface area contributed by atoms with Gasteiger partial charge >= 0.3 is 11.9 Å². The quantitative estimate of drug-likeness (QED) is 0.441. The van der Waals surface area contributed by atoms with E-state index in [2.05, 4.69) is 13.2 Å². The third-order valence-electron chi connectivity index (χ3n) is 0.941. The SMILES string of the molecule is C=C(C)C(=O)O.C=C(C)C(=O)O.OC=CCO. The van der Waals surface area contributed by atoms with Crippen molar-refractivity contribution in [3.63, 3.8) is 0 Å². The number of carboxylic acid groups (broad SMARTS) is 2. The first kappa shape index (κ1) is 20.3. The van der Waals surface area contributed by atoms with Crippen molar-refractivity contribution in [3.05, 3.63) is 36.6 Å². The van der Waals surface area contributed by atoms with E-state index in [1.54, 1.807) is 0 Å². The lowest BCUT2D eigenvalue weighted by Gasteiger charge is -1.79. The van der Waals surface area contributed by atoms with Crippen molar-refractivity contribution < 1.29 is 30.0 Å². The van der Waals surface area contributed by atoms with Gasteiger partial charge in [0.2, 0.25) is 0 Å². The molecule has 4 N–H and O–H groups in total. The van der Waals surface area contributed by atoms with Gasteiger partial charge in [-0.25, -0.2) is 9.59 Å². The standard InChI is InChI=1S/2C4H6O2.C3H6O2/c2*1-3(2)4(5)6;4-2-1-3-5/h2*1H2,2H3,(H,5,6);1-2,4-5H,3H2. The van der Waals surface area contributed by atoms with Crippen LogP contribution in [0.2, 0.25) is 0 Å². The third-order valence-corrected chi connectivity index (χ3v) is 0.941. The van der Waals surface area contributed by atoms with E-state index >= 15 is 0 Å². The average Bonchev–Trinajstić information content (AvgIpc) is 2.20. The molecule has 0 radical (unpaired) electrons. The van der Waals surface area contributed by atoms with Gasteiger partial charge in [-0.15, -0.1) is 0 Å². The molecule has 0 spiro atoms. The van der Waals surface area contributed by atoms with Gasteiger partial charge in [-0.1, -0.05) is 13.2 Å². The second kappa shape index (κ2) is 13.9. The van der Waals surface area contributed by atoms with Gasteiger partial charge in [0.05, 0.1) is 12.9 Å². The monoisotopic (exact) mass is 246 g/mol. The highest BCUT2D eigenvalue weighted by molar-refractivity contribution is 5.85. The molecule has 0 aromatic heterocycles. The Morgan fingerprint density at radius 1 is 1.06 bits per heavy atom. The van der Waals surface area contributed by atoms with Gasteiger partial charge in [0.1, 0.15) is 0 Å². The van der Waals surface area contributed by atoms with E-state index in [9.17, 15) is 9.59 Å². The molecule has 0 saturated heterocycles. The summed E-state index contributed by atoms with van der Waals surface area (Å²) in [6.45, 7) is 9.12. The highest BCUT2D eigenvalue weighted by atomic mass is 16.4. The van der Waals surface area contributed by atoms with Gasteiger partial charge < -0.3 is 20.4 Å². The highest BCUT2D eigenvalue weighted by Crippen LogP contribution is 1.81. The molecule has 0 atom stereocenters. The van der Waals surface area contributed by atoms with Crippen LogP contribution in [0.15, 0.2) is 36.6 Å². The van der Waals surface area contributed by atoms with Crippen LogP contribution in [0.25, 0.3) is 0 Å². The fourth-order valence-electron chi connectivity index (χ4n) is 0.0471. The number of hydrogen-bond donors (Lipinski definition) is 4. The predicted octanol–water partition coefficient (Wildman–Crippen LogP) is 1.34. The normalized spacial score (nSPS) is 8.18. The van der Waals surface area contributed by atoms with Crippen molar-refractivity contribution in [3.8, 4) is 0 Å². The molecular weight excluding hydrogens is 228 g/mol. The average molecular weight is 246 g/mol. The first-order valence-corrected chi connectivity index (χ1v) is 4.38. The Hall–Kier alpha value is -2.08. The number of rotatable bonds is 3. The molecule has 17 heavy (non-hydrogen) atoms. The maximum atomic E-state index is 9.60. The Morgan fingerprint density at radius 3 is 1.29 bits per heavy atom. The molecule has 0 rings (SSSR count). The van der Waals surface area contributed by atoms with Crippen LogP contribution in [0.1, 0.15) is 13.8 Å². The maximum Gasteiger partial charge on any atom is 0.330 e. The summed E-state index contributed by atoms with van der Waals surface area (Å²) < 4.78 is 0. The molecule has 0 aromatic rings. The van der Waals surface area contributed by atoms with Crippen molar-refractivity contribution in [2.24, 2.45) is 0 Å². The Morgan fingerprint density at radius 2 is 1.29 bits per heavy atom. The Bertz CT molecular complexity index is 242. The molecule has 6 heteroatoms. The first-order chi connectivity index (χ1) is 7.70. The van der Waals surface area contributed by atoms with E-state index in [0.29, 0.717) is 0 Å². The molecule has 0 aliphatic heterocycles. The molecule has 98 valence electrons. The van der Waals surface area contributed by atoms with Gasteiger partial charge in [-0.3, -0.25) is 0 Å². The van der Waals surface area contributed by atoms with Crippen molar-refractivity contribution in [1.82, 2.24) is 0 Å². The van der Waals surface area contributed by atoms with Gasteiger partial charge in [0, 0.05) is 11.1 Å². The summed E-state index contributed by atoms with van der Waals surface area (Å²) in [7, 11) is 0. The van der Waals surface area contributed by atoms with E-state index in [0.717, 1.165) is 6.26 Å². The van der Waals surface area contributed by atoms with Crippen LogP contribution < -0.4 is 0 Å². The molecule has 6 nitrogen and oxygen atoms in total. The van der Waals surface area contributed by atoms with Crippen molar-refractivity contribution in [2.45, 2.75) is 13.8 Å². The number of aliphatic carboxylic acids is 2. The van der Waals surface area contributed by atoms with Crippen LogP contribution >= 0.6 is 0 Å². The van der Waals surface area contributed by atoms with Crippen LogP contribution in [0.3, 0.4) is 0 Å². The van der Waals surface area contributed by atoms with Crippen molar-refractivity contribution >= 4 is 11.9 Å². The molecular formula is C11H18O6. The smallest absolute Gasteiger partial charge is 0.330 e. The Labute approximate surface area is 99.8 Å². The lowest BCUT2D eigenvalue weighted by Crippen LogP contribution is -1.92. The summed E-state index contributed by atoms with van der Waals surface area (Å²) in [6, 6.07) is 0. The summed E-state index contributed by atoms with van der Waals surface area (Å²) in [5.74, 6) is -1.87. The number of aliphatic hydroxyl groups is 2. The van der Waals surface area contributed by atoms with Crippen molar-refractivity contribution in [2.75, 3.05) is 6.61 Å². The zero-order valence-corrected chi connectivity index (χ0v) is 9.88. The Balaban J connectivity index is -0.000000174. The third kappa shape index (κ3) is 31.5. The van der Waals surface area contributed by atoms with Crippen LogP contribution in [0.5, 0.6) is 0 Å². The molecule has 0 heterocycles. The van der Waals surface area contributed by atoms with Crippen LogP contribution in [-0.2, 0) is 9.59 Å². The van der Waals surface area contributed by atoms with Gasteiger partial charge in [-0.05, 0) is 19.9 Å². The molecule has 0 unspecified atom stereocenters. The zero-order valence-electron chi connectivity index (χ0n) is 9.88. The first-order valence-electron chi connectivity index (χ1n) is 4.38. The second-order valence-electron chi connectivity index (χ2n) is 2.74. The Kier molecular flexibility index (Phi) is 16.7. The van der Waals surface area contributed by atoms with Crippen LogP contribution in [0.4, 0.5) is 0 Å².